The van der Waals surface area contributed by atoms with Crippen molar-refractivity contribution in [3.63, 3.8) is 0 Å². The number of amides is 1. The van der Waals surface area contributed by atoms with Crippen LogP contribution in [0.3, 0.4) is 0 Å². The molecule has 1 atom stereocenters. The van der Waals surface area contributed by atoms with Crippen LogP contribution in [0, 0.1) is 6.92 Å². The van der Waals surface area contributed by atoms with Crippen molar-refractivity contribution in [3.05, 3.63) is 89.0 Å². The zero-order valence-electron chi connectivity index (χ0n) is 19.4. The van der Waals surface area contributed by atoms with Gasteiger partial charge in [0.1, 0.15) is 22.8 Å². The summed E-state index contributed by atoms with van der Waals surface area (Å²) < 4.78 is 10.9. The summed E-state index contributed by atoms with van der Waals surface area (Å²) in [5, 5.41) is 11.5. The molecule has 1 fully saturated rings. The molecule has 4 aromatic rings. The average molecular weight is 469 g/mol. The van der Waals surface area contributed by atoms with E-state index in [4.69, 9.17) is 9.47 Å². The van der Waals surface area contributed by atoms with Gasteiger partial charge in [-0.3, -0.25) is 14.5 Å². The van der Waals surface area contributed by atoms with Crippen LogP contribution < -0.4 is 14.4 Å². The molecule has 5 rings (SSSR count). The van der Waals surface area contributed by atoms with Crippen LogP contribution >= 0.6 is 0 Å². The van der Waals surface area contributed by atoms with Gasteiger partial charge < -0.3 is 19.6 Å². The molecule has 8 heteroatoms. The fourth-order valence-corrected chi connectivity index (χ4v) is 4.48. The second kappa shape index (κ2) is 8.64. The van der Waals surface area contributed by atoms with Crippen LogP contribution in [0.1, 0.15) is 22.7 Å². The van der Waals surface area contributed by atoms with E-state index in [2.05, 4.69) is 9.97 Å². The number of carbonyl (C=O) groups excluding carboxylic acids is 2. The molecule has 0 aliphatic carbocycles. The zero-order valence-corrected chi connectivity index (χ0v) is 19.4. The summed E-state index contributed by atoms with van der Waals surface area (Å²) >= 11 is 0. The van der Waals surface area contributed by atoms with E-state index in [1.807, 2.05) is 55.5 Å². The highest BCUT2D eigenvalue weighted by Crippen LogP contribution is 2.44. The number of aliphatic hydroxyl groups is 1. The number of hydrogen-bond donors (Lipinski definition) is 2. The van der Waals surface area contributed by atoms with Gasteiger partial charge >= 0.3 is 5.91 Å². The number of fused-ring (bicyclic) bond motifs is 1. The predicted molar refractivity (Wildman–Crippen MR) is 132 cm³/mol. The van der Waals surface area contributed by atoms with Gasteiger partial charge in [0.15, 0.2) is 0 Å². The maximum atomic E-state index is 13.5. The topological polar surface area (TPSA) is 105 Å². The standard InChI is InChI=1S/C27H23N3O5/c1-15-8-6-9-16(14-15)23-22(24(31)21-19(34-2)12-7-13-20(21)35-3)25(32)26(33)30(23)27-28-17-10-4-5-11-18(17)29-27/h4-14,23,31H,1-3H3,(H,28,29)/b24-22+. The Morgan fingerprint density at radius 3 is 2.31 bits per heavy atom. The second-order valence-electron chi connectivity index (χ2n) is 8.20. The molecule has 1 aliphatic rings. The van der Waals surface area contributed by atoms with Crippen molar-refractivity contribution in [2.45, 2.75) is 13.0 Å². The van der Waals surface area contributed by atoms with Gasteiger partial charge in [-0.1, -0.05) is 48.0 Å². The van der Waals surface area contributed by atoms with Crippen molar-refractivity contribution in [1.82, 2.24) is 9.97 Å². The summed E-state index contributed by atoms with van der Waals surface area (Å²) in [6.07, 6.45) is 0. The number of nitrogens with zero attached hydrogens (tertiary/aromatic N) is 2. The summed E-state index contributed by atoms with van der Waals surface area (Å²) in [5.74, 6) is -1.19. The Hall–Kier alpha value is -4.59. The number of methoxy groups -OCH3 is 2. The fourth-order valence-electron chi connectivity index (χ4n) is 4.48. The Bertz CT molecular complexity index is 1450. The molecule has 1 aromatic heterocycles. The van der Waals surface area contributed by atoms with Crippen LogP contribution in [0.2, 0.25) is 0 Å². The molecule has 0 radical (unpaired) electrons. The molecule has 35 heavy (non-hydrogen) atoms. The third kappa shape index (κ3) is 3.59. The highest BCUT2D eigenvalue weighted by molar-refractivity contribution is 6.51. The van der Waals surface area contributed by atoms with Crippen molar-refractivity contribution in [3.8, 4) is 11.5 Å². The quantitative estimate of drug-likeness (QED) is 0.253. The van der Waals surface area contributed by atoms with Crippen molar-refractivity contribution >= 4 is 34.4 Å². The molecule has 1 aliphatic heterocycles. The van der Waals surface area contributed by atoms with E-state index in [1.54, 1.807) is 18.2 Å². The number of anilines is 1. The van der Waals surface area contributed by atoms with E-state index in [-0.39, 0.29) is 22.8 Å². The minimum absolute atomic E-state index is 0.0798. The van der Waals surface area contributed by atoms with Gasteiger partial charge in [-0.15, -0.1) is 0 Å². The van der Waals surface area contributed by atoms with Crippen LogP contribution in [0.25, 0.3) is 16.8 Å². The number of carbonyl (C=O) groups is 2. The number of ether oxygens (including phenoxy) is 2. The van der Waals surface area contributed by atoms with E-state index in [1.165, 1.54) is 19.1 Å². The van der Waals surface area contributed by atoms with E-state index in [0.29, 0.717) is 22.6 Å². The normalized spacial score (nSPS) is 17.2. The number of rotatable bonds is 5. The smallest absolute Gasteiger partial charge is 0.302 e. The monoisotopic (exact) mass is 469 g/mol. The summed E-state index contributed by atoms with van der Waals surface area (Å²) in [7, 11) is 2.91. The molecule has 0 spiro atoms. The van der Waals surface area contributed by atoms with Crippen LogP contribution in [0.15, 0.2) is 72.3 Å². The molecular formula is C27H23N3O5. The summed E-state index contributed by atoms with van der Waals surface area (Å²) in [6.45, 7) is 1.92. The van der Waals surface area contributed by atoms with E-state index in [0.717, 1.165) is 11.1 Å². The minimum Gasteiger partial charge on any atom is -0.506 e. The maximum Gasteiger partial charge on any atom is 0.302 e. The van der Waals surface area contributed by atoms with Crippen molar-refractivity contribution < 1.29 is 24.2 Å². The Kier molecular flexibility index (Phi) is 5.49. The maximum absolute atomic E-state index is 13.5. The lowest BCUT2D eigenvalue weighted by Crippen LogP contribution is -2.30. The Balaban J connectivity index is 1.79. The molecule has 1 amide bonds. The van der Waals surface area contributed by atoms with Gasteiger partial charge in [0, 0.05) is 0 Å². The lowest BCUT2D eigenvalue weighted by molar-refractivity contribution is -0.132. The average Bonchev–Trinajstić information content (AvgIpc) is 3.41. The number of nitrogens with one attached hydrogen (secondary N) is 1. The Labute approximate surface area is 201 Å². The molecule has 2 heterocycles. The fraction of sp³-hybridized carbons (Fsp3) is 0.148. The van der Waals surface area contributed by atoms with Crippen LogP contribution in [-0.2, 0) is 9.59 Å². The van der Waals surface area contributed by atoms with Crippen molar-refractivity contribution in [1.29, 1.82) is 0 Å². The van der Waals surface area contributed by atoms with Crippen LogP contribution in [0.5, 0.6) is 11.5 Å². The van der Waals surface area contributed by atoms with Crippen molar-refractivity contribution in [2.24, 2.45) is 0 Å². The van der Waals surface area contributed by atoms with E-state index in [9.17, 15) is 14.7 Å². The van der Waals surface area contributed by atoms with Crippen LogP contribution in [-0.4, -0.2) is 41.0 Å². The molecular weight excluding hydrogens is 446 g/mol. The number of ketones is 1. The molecule has 0 bridgehead atoms. The number of imidazole rings is 1. The predicted octanol–water partition coefficient (Wildman–Crippen LogP) is 4.51. The lowest BCUT2D eigenvalue weighted by Gasteiger charge is -2.23. The first-order valence-electron chi connectivity index (χ1n) is 11.0. The molecule has 0 saturated carbocycles. The van der Waals surface area contributed by atoms with E-state index >= 15 is 0 Å². The Morgan fingerprint density at radius 2 is 1.66 bits per heavy atom. The molecule has 1 unspecified atom stereocenters. The first-order chi connectivity index (χ1) is 16.9. The van der Waals surface area contributed by atoms with Gasteiger partial charge in [0.25, 0.3) is 5.78 Å². The number of aromatic amines is 1. The van der Waals surface area contributed by atoms with Crippen LogP contribution in [0.4, 0.5) is 5.95 Å². The lowest BCUT2D eigenvalue weighted by atomic mass is 9.94. The number of aliphatic hydroxyl groups excluding tert-OH is 1. The number of hydrogen-bond acceptors (Lipinski definition) is 6. The number of para-hydroxylation sites is 2. The highest BCUT2D eigenvalue weighted by atomic mass is 16.5. The Morgan fingerprint density at radius 1 is 0.971 bits per heavy atom. The summed E-state index contributed by atoms with van der Waals surface area (Å²) in [4.78, 5) is 35.9. The minimum atomic E-state index is -0.926. The largest absolute Gasteiger partial charge is 0.506 e. The second-order valence-corrected chi connectivity index (χ2v) is 8.20. The van der Waals surface area contributed by atoms with Gasteiger partial charge in [0.05, 0.1) is 36.9 Å². The number of aromatic nitrogens is 2. The molecule has 8 nitrogen and oxygen atoms in total. The third-order valence-corrected chi connectivity index (χ3v) is 6.07. The summed E-state index contributed by atoms with van der Waals surface area (Å²) in [6, 6.07) is 18.9. The van der Waals surface area contributed by atoms with Gasteiger partial charge in [-0.2, -0.15) is 0 Å². The number of H-pyrrole nitrogens is 1. The molecule has 2 N–H and O–H groups in total. The number of Topliss-reactive ketones (excluding diaryl/α,β-unsaturated/α-hetero) is 1. The first-order valence-corrected chi connectivity index (χ1v) is 11.0. The molecule has 1 saturated heterocycles. The van der Waals surface area contributed by atoms with Gasteiger partial charge in [0.2, 0.25) is 5.95 Å². The van der Waals surface area contributed by atoms with Gasteiger partial charge in [-0.05, 0) is 36.8 Å². The summed E-state index contributed by atoms with van der Waals surface area (Å²) in [5.41, 5.74) is 3.08. The first kappa shape index (κ1) is 22.2. The van der Waals surface area contributed by atoms with Gasteiger partial charge in [-0.25, -0.2) is 4.98 Å². The number of aryl methyl sites for hydroxylation is 1. The highest BCUT2D eigenvalue weighted by Gasteiger charge is 2.48. The number of benzene rings is 3. The molecule has 3 aromatic carbocycles. The van der Waals surface area contributed by atoms with Crippen molar-refractivity contribution in [2.75, 3.05) is 19.1 Å². The SMILES string of the molecule is COc1cccc(OC)c1/C(O)=C1\C(=O)C(=O)N(c2nc3ccccc3[nH]2)C1c1cccc(C)c1. The third-order valence-electron chi connectivity index (χ3n) is 6.07. The molecule has 176 valence electrons. The van der Waals surface area contributed by atoms with E-state index < -0.39 is 17.7 Å². The zero-order chi connectivity index (χ0) is 24.7.